The summed E-state index contributed by atoms with van der Waals surface area (Å²) in [6, 6.07) is 12.3. The fourth-order valence-electron chi connectivity index (χ4n) is 4.90. The molecule has 4 rings (SSSR count). The number of carbonyl (C=O) groups is 3. The minimum absolute atomic E-state index is 0.0261. The summed E-state index contributed by atoms with van der Waals surface area (Å²) >= 11 is 0. The first kappa shape index (κ1) is 23.0. The average molecular weight is 449 g/mol. The Morgan fingerprint density at radius 2 is 1.76 bits per heavy atom. The number of carbonyl (C=O) groups excluding carboxylic acids is 3. The van der Waals surface area contributed by atoms with Gasteiger partial charge in [0.25, 0.3) is 0 Å². The van der Waals surface area contributed by atoms with Gasteiger partial charge in [-0.05, 0) is 54.5 Å². The Labute approximate surface area is 194 Å². The van der Waals surface area contributed by atoms with E-state index in [9.17, 15) is 14.4 Å². The van der Waals surface area contributed by atoms with Crippen molar-refractivity contribution in [1.29, 1.82) is 0 Å². The van der Waals surface area contributed by atoms with Gasteiger partial charge in [-0.15, -0.1) is 0 Å². The van der Waals surface area contributed by atoms with Gasteiger partial charge in [0.05, 0.1) is 13.1 Å². The fourth-order valence-corrected chi connectivity index (χ4v) is 4.90. The Morgan fingerprint density at radius 3 is 2.42 bits per heavy atom. The standard InChI is InChI=1S/C26H32N4O3/c1-17-11-20-7-8-24(31)22(20)14-23(17)30(15-25(32)28-10-9-27)16-26(33)29(2)21-12-18-5-3-4-6-19(18)13-21/h3-6,11,14,21H,7-10,12-13,15-16,27H2,1-2H3,(H,28,32). The van der Waals surface area contributed by atoms with Crippen LogP contribution in [0.2, 0.25) is 0 Å². The molecular weight excluding hydrogens is 416 g/mol. The van der Waals surface area contributed by atoms with E-state index in [1.54, 1.807) is 9.80 Å². The summed E-state index contributed by atoms with van der Waals surface area (Å²) in [6.45, 7) is 2.78. The highest BCUT2D eigenvalue weighted by molar-refractivity contribution is 6.01. The van der Waals surface area contributed by atoms with Gasteiger partial charge < -0.3 is 20.9 Å². The number of nitrogens with zero attached hydrogens (tertiary/aromatic N) is 2. The van der Waals surface area contributed by atoms with Crippen molar-refractivity contribution in [3.63, 3.8) is 0 Å². The number of Topliss-reactive ketones (excluding diaryl/α,β-unsaturated/α-hetero) is 1. The normalized spacial score (nSPS) is 14.7. The Morgan fingerprint density at radius 1 is 1.06 bits per heavy atom. The van der Waals surface area contributed by atoms with Crippen LogP contribution in [-0.2, 0) is 28.9 Å². The van der Waals surface area contributed by atoms with Crippen molar-refractivity contribution in [3.8, 4) is 0 Å². The van der Waals surface area contributed by atoms with Crippen molar-refractivity contribution in [3.05, 3.63) is 64.2 Å². The average Bonchev–Trinajstić information content (AvgIpc) is 3.39. The molecule has 2 aliphatic carbocycles. The van der Waals surface area contributed by atoms with E-state index in [4.69, 9.17) is 5.73 Å². The number of likely N-dealkylation sites (N-methyl/N-ethyl adjacent to an activating group) is 1. The smallest absolute Gasteiger partial charge is 0.242 e. The third-order valence-corrected chi connectivity index (χ3v) is 6.78. The molecule has 0 saturated heterocycles. The van der Waals surface area contributed by atoms with Crippen LogP contribution >= 0.6 is 0 Å². The van der Waals surface area contributed by atoms with Crippen LogP contribution in [0.25, 0.3) is 0 Å². The number of nitrogens with two attached hydrogens (primary N) is 1. The molecule has 0 radical (unpaired) electrons. The lowest BCUT2D eigenvalue weighted by atomic mass is 10.0. The first-order valence-corrected chi connectivity index (χ1v) is 11.6. The molecule has 0 bridgehead atoms. The summed E-state index contributed by atoms with van der Waals surface area (Å²) in [4.78, 5) is 41.8. The summed E-state index contributed by atoms with van der Waals surface area (Å²) < 4.78 is 0. The molecule has 0 aromatic heterocycles. The highest BCUT2D eigenvalue weighted by Crippen LogP contribution is 2.31. The predicted octanol–water partition coefficient (Wildman–Crippen LogP) is 1.63. The Bertz CT molecular complexity index is 1060. The predicted molar refractivity (Wildman–Crippen MR) is 129 cm³/mol. The maximum atomic E-state index is 13.3. The van der Waals surface area contributed by atoms with Crippen molar-refractivity contribution >= 4 is 23.3 Å². The SMILES string of the molecule is Cc1cc2c(cc1N(CC(=O)NCCN)CC(=O)N(C)C1Cc3ccccc3C1)C(=O)CC2. The van der Waals surface area contributed by atoms with E-state index in [0.717, 1.165) is 36.1 Å². The lowest BCUT2D eigenvalue weighted by molar-refractivity contribution is -0.130. The monoisotopic (exact) mass is 448 g/mol. The highest BCUT2D eigenvalue weighted by atomic mass is 16.2. The number of amides is 2. The summed E-state index contributed by atoms with van der Waals surface area (Å²) in [5, 5.41) is 2.79. The second kappa shape index (κ2) is 9.75. The zero-order chi connectivity index (χ0) is 23.5. The van der Waals surface area contributed by atoms with Crippen LogP contribution in [0.4, 0.5) is 5.69 Å². The fraction of sp³-hybridized carbons (Fsp3) is 0.423. The van der Waals surface area contributed by atoms with Crippen molar-refractivity contribution < 1.29 is 14.4 Å². The molecule has 7 nitrogen and oxygen atoms in total. The molecule has 2 aliphatic rings. The van der Waals surface area contributed by atoms with Crippen LogP contribution < -0.4 is 16.0 Å². The van der Waals surface area contributed by atoms with E-state index in [-0.39, 0.29) is 36.7 Å². The van der Waals surface area contributed by atoms with Crippen LogP contribution in [0.3, 0.4) is 0 Å². The van der Waals surface area contributed by atoms with Gasteiger partial charge in [-0.3, -0.25) is 14.4 Å². The van der Waals surface area contributed by atoms with E-state index >= 15 is 0 Å². The molecule has 0 saturated carbocycles. The van der Waals surface area contributed by atoms with Gasteiger partial charge in [-0.1, -0.05) is 30.3 Å². The molecule has 2 aromatic rings. The van der Waals surface area contributed by atoms with Crippen LogP contribution in [0, 0.1) is 6.92 Å². The first-order valence-electron chi connectivity index (χ1n) is 11.6. The maximum absolute atomic E-state index is 13.3. The van der Waals surface area contributed by atoms with Crippen molar-refractivity contribution in [2.75, 3.05) is 38.1 Å². The number of aryl methyl sites for hydroxylation is 2. The molecule has 33 heavy (non-hydrogen) atoms. The van der Waals surface area contributed by atoms with Crippen LogP contribution in [0.5, 0.6) is 0 Å². The van der Waals surface area contributed by atoms with E-state index in [0.29, 0.717) is 25.1 Å². The molecule has 174 valence electrons. The van der Waals surface area contributed by atoms with Gasteiger partial charge in [0.1, 0.15) is 0 Å². The molecule has 2 amide bonds. The third-order valence-electron chi connectivity index (χ3n) is 6.78. The minimum atomic E-state index is -0.199. The van der Waals surface area contributed by atoms with E-state index in [2.05, 4.69) is 17.4 Å². The zero-order valence-corrected chi connectivity index (χ0v) is 19.4. The summed E-state index contributed by atoms with van der Waals surface area (Å²) in [5.74, 6) is -0.132. The number of fused-ring (bicyclic) bond motifs is 2. The molecular formula is C26H32N4O3. The second-order valence-electron chi connectivity index (χ2n) is 9.05. The number of ketones is 1. The number of anilines is 1. The molecule has 3 N–H and O–H groups in total. The second-order valence-corrected chi connectivity index (χ2v) is 9.05. The Balaban J connectivity index is 1.54. The molecule has 0 unspecified atom stereocenters. The van der Waals surface area contributed by atoms with Gasteiger partial charge in [0.2, 0.25) is 11.8 Å². The van der Waals surface area contributed by atoms with E-state index in [1.165, 1.54) is 11.1 Å². The van der Waals surface area contributed by atoms with Crippen LogP contribution in [-0.4, -0.2) is 61.8 Å². The summed E-state index contributed by atoms with van der Waals surface area (Å²) in [5.41, 5.74) is 11.5. The Kier molecular flexibility index (Phi) is 6.79. The van der Waals surface area contributed by atoms with Gasteiger partial charge in [0.15, 0.2) is 5.78 Å². The number of rotatable bonds is 8. The van der Waals surface area contributed by atoms with Gasteiger partial charge in [-0.2, -0.15) is 0 Å². The summed E-state index contributed by atoms with van der Waals surface area (Å²) in [6.07, 6.45) is 2.93. The Hall–Kier alpha value is -3.19. The number of hydrogen-bond acceptors (Lipinski definition) is 5. The topological polar surface area (TPSA) is 95.7 Å². The lowest BCUT2D eigenvalue weighted by Gasteiger charge is -2.30. The van der Waals surface area contributed by atoms with Crippen LogP contribution in [0.15, 0.2) is 36.4 Å². The van der Waals surface area contributed by atoms with Crippen molar-refractivity contribution in [2.24, 2.45) is 5.73 Å². The molecule has 0 heterocycles. The van der Waals surface area contributed by atoms with Crippen molar-refractivity contribution in [2.45, 2.75) is 38.6 Å². The number of benzene rings is 2. The zero-order valence-electron chi connectivity index (χ0n) is 19.4. The van der Waals surface area contributed by atoms with Crippen molar-refractivity contribution in [1.82, 2.24) is 10.2 Å². The largest absolute Gasteiger partial charge is 0.353 e. The quantitative estimate of drug-likeness (QED) is 0.640. The molecule has 0 spiro atoms. The summed E-state index contributed by atoms with van der Waals surface area (Å²) in [7, 11) is 1.84. The van der Waals surface area contributed by atoms with E-state index in [1.807, 2.05) is 38.2 Å². The molecule has 0 aliphatic heterocycles. The molecule has 0 atom stereocenters. The highest BCUT2D eigenvalue weighted by Gasteiger charge is 2.29. The number of hydrogen-bond donors (Lipinski definition) is 2. The molecule has 0 fully saturated rings. The molecule has 2 aromatic carbocycles. The first-order chi connectivity index (χ1) is 15.9. The molecule has 7 heteroatoms. The third kappa shape index (κ3) is 4.93. The van der Waals surface area contributed by atoms with E-state index < -0.39 is 0 Å². The van der Waals surface area contributed by atoms with Gasteiger partial charge in [0, 0.05) is 43.9 Å². The van der Waals surface area contributed by atoms with Gasteiger partial charge in [-0.25, -0.2) is 0 Å². The number of nitrogens with one attached hydrogen (secondary N) is 1. The maximum Gasteiger partial charge on any atom is 0.242 e. The van der Waals surface area contributed by atoms with Gasteiger partial charge >= 0.3 is 0 Å². The minimum Gasteiger partial charge on any atom is -0.353 e. The lowest BCUT2D eigenvalue weighted by Crippen LogP contribution is -2.47. The van der Waals surface area contributed by atoms with Crippen LogP contribution in [0.1, 0.15) is 39.0 Å².